The summed E-state index contributed by atoms with van der Waals surface area (Å²) in [6, 6.07) is 23.6. The van der Waals surface area contributed by atoms with E-state index in [1.807, 2.05) is 71.4 Å². The van der Waals surface area contributed by atoms with Crippen molar-refractivity contribution < 1.29 is 14.4 Å². The highest BCUT2D eigenvalue weighted by atomic mass is 32.2. The average molecular weight is 473 g/mol. The van der Waals surface area contributed by atoms with Crippen LogP contribution in [0.1, 0.15) is 5.69 Å². The van der Waals surface area contributed by atoms with Gasteiger partial charge in [0.2, 0.25) is 5.91 Å². The van der Waals surface area contributed by atoms with Gasteiger partial charge in [0, 0.05) is 49.4 Å². The van der Waals surface area contributed by atoms with Gasteiger partial charge in [-0.15, -0.1) is 0 Å². The second-order valence-electron chi connectivity index (χ2n) is 8.11. The minimum absolute atomic E-state index is 0.205. The lowest BCUT2D eigenvalue weighted by Crippen LogP contribution is -2.51. The Bertz CT molecular complexity index is 1230. The van der Waals surface area contributed by atoms with Crippen LogP contribution in [0, 0.1) is 0 Å². The van der Waals surface area contributed by atoms with E-state index in [0.717, 1.165) is 33.7 Å². The van der Waals surface area contributed by atoms with Gasteiger partial charge in [-0.3, -0.25) is 19.3 Å². The van der Waals surface area contributed by atoms with Crippen LogP contribution >= 0.6 is 11.8 Å². The molecule has 5 rings (SSSR count). The van der Waals surface area contributed by atoms with Gasteiger partial charge in [-0.2, -0.15) is 0 Å². The summed E-state index contributed by atoms with van der Waals surface area (Å²) in [6.07, 6.45) is 3.62. The molecule has 2 aromatic carbocycles. The summed E-state index contributed by atoms with van der Waals surface area (Å²) >= 11 is 0.876. The van der Waals surface area contributed by atoms with Gasteiger partial charge in [-0.25, -0.2) is 0 Å². The van der Waals surface area contributed by atoms with Gasteiger partial charge < -0.3 is 14.4 Å². The van der Waals surface area contributed by atoms with Gasteiger partial charge in [0.25, 0.3) is 11.1 Å². The molecule has 0 N–H and O–H groups in total. The van der Waals surface area contributed by atoms with Gasteiger partial charge >= 0.3 is 0 Å². The smallest absolute Gasteiger partial charge is 0.294 e. The molecular formula is C26H24N4O3S. The lowest BCUT2D eigenvalue weighted by atomic mass is 10.2. The van der Waals surface area contributed by atoms with E-state index in [4.69, 9.17) is 0 Å². The fraction of sp³-hybridized carbons (Fsp3) is 0.192. The fourth-order valence-electron chi connectivity index (χ4n) is 4.19. The van der Waals surface area contributed by atoms with Gasteiger partial charge in [0.15, 0.2) is 0 Å². The summed E-state index contributed by atoms with van der Waals surface area (Å²) in [5, 5.41) is -0.412. The summed E-state index contributed by atoms with van der Waals surface area (Å²) in [5.41, 5.74) is 2.88. The maximum atomic E-state index is 13.0. The predicted octanol–water partition coefficient (Wildman–Crippen LogP) is 3.86. The molecule has 2 saturated heterocycles. The molecule has 2 fully saturated rings. The molecule has 0 radical (unpaired) electrons. The van der Waals surface area contributed by atoms with Crippen molar-refractivity contribution in [2.75, 3.05) is 37.6 Å². The molecule has 2 aliphatic heterocycles. The highest BCUT2D eigenvalue weighted by molar-refractivity contribution is 8.18. The van der Waals surface area contributed by atoms with E-state index in [-0.39, 0.29) is 12.5 Å². The van der Waals surface area contributed by atoms with Crippen molar-refractivity contribution in [3.8, 4) is 5.69 Å². The molecule has 3 aromatic rings. The van der Waals surface area contributed by atoms with Crippen molar-refractivity contribution in [3.63, 3.8) is 0 Å². The number of piperazine rings is 1. The van der Waals surface area contributed by atoms with Gasteiger partial charge in [0.05, 0.1) is 4.91 Å². The van der Waals surface area contributed by atoms with Crippen molar-refractivity contribution >= 4 is 40.6 Å². The lowest BCUT2D eigenvalue weighted by molar-refractivity contribution is -0.136. The summed E-state index contributed by atoms with van der Waals surface area (Å²) in [5.74, 6) is -0.629. The van der Waals surface area contributed by atoms with Crippen molar-refractivity contribution in [1.82, 2.24) is 14.4 Å². The molecule has 0 saturated carbocycles. The zero-order valence-electron chi connectivity index (χ0n) is 18.5. The van der Waals surface area contributed by atoms with Gasteiger partial charge in [-0.1, -0.05) is 36.4 Å². The normalized spacial score (nSPS) is 17.6. The van der Waals surface area contributed by atoms with Crippen LogP contribution in [-0.2, 0) is 9.59 Å². The molecule has 0 bridgehead atoms. The average Bonchev–Trinajstić information content (AvgIpc) is 3.45. The monoisotopic (exact) mass is 472 g/mol. The van der Waals surface area contributed by atoms with E-state index in [2.05, 4.69) is 17.0 Å². The molecule has 0 atom stereocenters. The molecule has 2 aliphatic rings. The number of hydrogen-bond donors (Lipinski definition) is 0. The summed E-state index contributed by atoms with van der Waals surface area (Å²) in [4.78, 5) is 43.8. The van der Waals surface area contributed by atoms with Crippen LogP contribution in [0.2, 0.25) is 0 Å². The van der Waals surface area contributed by atoms with E-state index >= 15 is 0 Å². The molecule has 0 spiro atoms. The number of nitrogens with zero attached hydrogens (tertiary/aromatic N) is 4. The first-order valence-electron chi connectivity index (χ1n) is 11.2. The second kappa shape index (κ2) is 9.61. The third kappa shape index (κ3) is 4.49. The molecule has 3 amide bonds. The Labute approximate surface area is 202 Å². The van der Waals surface area contributed by atoms with Crippen molar-refractivity contribution in [2.24, 2.45) is 0 Å². The number of para-hydroxylation sites is 2. The van der Waals surface area contributed by atoms with Crippen LogP contribution in [0.15, 0.2) is 83.9 Å². The zero-order chi connectivity index (χ0) is 23.5. The maximum Gasteiger partial charge on any atom is 0.294 e. The summed E-state index contributed by atoms with van der Waals surface area (Å²) < 4.78 is 1.95. The second-order valence-corrected chi connectivity index (χ2v) is 9.10. The minimum Gasteiger partial charge on any atom is -0.368 e. The number of hydrogen-bond acceptors (Lipinski definition) is 5. The fourth-order valence-corrected chi connectivity index (χ4v) is 5.02. The highest BCUT2D eigenvalue weighted by Crippen LogP contribution is 2.32. The van der Waals surface area contributed by atoms with Crippen LogP contribution in [0.4, 0.5) is 10.5 Å². The Hall–Kier alpha value is -3.78. The van der Waals surface area contributed by atoms with Crippen molar-refractivity contribution in [2.45, 2.75) is 0 Å². The van der Waals surface area contributed by atoms with Crippen LogP contribution < -0.4 is 4.90 Å². The summed E-state index contributed by atoms with van der Waals surface area (Å²) in [6.45, 7) is 2.32. The molecule has 0 aliphatic carbocycles. The predicted molar refractivity (Wildman–Crippen MR) is 134 cm³/mol. The zero-order valence-corrected chi connectivity index (χ0v) is 19.4. The van der Waals surface area contributed by atoms with Gasteiger partial charge in [-0.05, 0) is 54.2 Å². The third-order valence-electron chi connectivity index (χ3n) is 6.01. The molecular weight excluding hydrogens is 448 g/mol. The molecule has 1 aromatic heterocycles. The number of rotatable bonds is 5. The molecule has 172 valence electrons. The van der Waals surface area contributed by atoms with Crippen LogP contribution in [0.25, 0.3) is 11.8 Å². The van der Waals surface area contributed by atoms with Crippen LogP contribution in [0.3, 0.4) is 0 Å². The first-order valence-corrected chi connectivity index (χ1v) is 12.0. The molecule has 8 heteroatoms. The van der Waals surface area contributed by atoms with E-state index in [1.54, 1.807) is 11.0 Å². The number of thioether (sulfide) groups is 1. The van der Waals surface area contributed by atoms with Crippen LogP contribution in [0.5, 0.6) is 0 Å². The molecule has 0 unspecified atom stereocenters. The van der Waals surface area contributed by atoms with E-state index in [0.29, 0.717) is 31.1 Å². The van der Waals surface area contributed by atoms with Crippen LogP contribution in [-0.4, -0.2) is 64.1 Å². The number of carbonyl (C=O) groups is 3. The van der Waals surface area contributed by atoms with Gasteiger partial charge in [0.1, 0.15) is 6.54 Å². The molecule has 7 nitrogen and oxygen atoms in total. The van der Waals surface area contributed by atoms with E-state index in [9.17, 15) is 14.4 Å². The SMILES string of the molecule is O=C(CN1C(=O)S/C(=C\c2cccn2-c2ccccc2)C1=O)N1CCN(c2ccccc2)CC1. The number of imide groups is 1. The number of aromatic nitrogens is 1. The Morgan fingerprint density at radius 2 is 1.47 bits per heavy atom. The Kier molecular flexibility index (Phi) is 6.22. The largest absolute Gasteiger partial charge is 0.368 e. The topological polar surface area (TPSA) is 65.9 Å². The van der Waals surface area contributed by atoms with Crippen molar-refractivity contribution in [3.05, 3.63) is 89.6 Å². The summed E-state index contributed by atoms with van der Waals surface area (Å²) in [7, 11) is 0. The Morgan fingerprint density at radius 1 is 0.824 bits per heavy atom. The first-order chi connectivity index (χ1) is 16.6. The molecule has 3 heterocycles. The lowest BCUT2D eigenvalue weighted by Gasteiger charge is -2.36. The molecule has 34 heavy (non-hydrogen) atoms. The standard InChI is InChI=1S/C26H24N4O3S/c31-24(28-16-14-27(15-17-28)20-8-3-1-4-9-20)19-30-25(32)23(34-26(30)33)18-22-12-7-13-29(22)21-10-5-2-6-11-21/h1-13,18H,14-17,19H2/b23-18-. The first kappa shape index (κ1) is 22.0. The Morgan fingerprint density at radius 3 is 2.15 bits per heavy atom. The quantitative estimate of drug-likeness (QED) is 0.528. The van der Waals surface area contributed by atoms with Crippen molar-refractivity contribution in [1.29, 1.82) is 0 Å². The number of benzene rings is 2. The van der Waals surface area contributed by atoms with E-state index in [1.165, 1.54) is 0 Å². The van der Waals surface area contributed by atoms with E-state index < -0.39 is 11.1 Å². The number of carbonyl (C=O) groups excluding carboxylic acids is 3. The Balaban J connectivity index is 1.23. The number of amides is 3. The minimum atomic E-state index is -0.424. The number of anilines is 1. The third-order valence-corrected chi connectivity index (χ3v) is 6.92. The maximum absolute atomic E-state index is 13.0. The highest BCUT2D eigenvalue weighted by Gasteiger charge is 2.37.